The number of fused-ring (bicyclic) bond motifs is 1. The van der Waals surface area contributed by atoms with Gasteiger partial charge in [0.1, 0.15) is 18.0 Å². The Kier molecular flexibility index (Phi) is 6.07. The Hall–Kier alpha value is -4.60. The van der Waals surface area contributed by atoms with Crippen LogP contribution in [0.3, 0.4) is 0 Å². The van der Waals surface area contributed by atoms with E-state index in [0.29, 0.717) is 28.5 Å². The number of carbonyl (C=O) groups is 2. The second kappa shape index (κ2) is 9.27. The van der Waals surface area contributed by atoms with Gasteiger partial charge in [-0.15, -0.1) is 5.10 Å². The van der Waals surface area contributed by atoms with Gasteiger partial charge in [-0.05, 0) is 48.5 Å². The number of rotatable bonds is 7. The molecule has 0 saturated carbocycles. The normalized spacial score (nSPS) is 10.6. The van der Waals surface area contributed by atoms with E-state index in [4.69, 9.17) is 9.47 Å². The number of pyridine rings is 1. The van der Waals surface area contributed by atoms with Gasteiger partial charge >= 0.3 is 5.69 Å². The topological polar surface area (TPSA) is 116 Å². The van der Waals surface area contributed by atoms with E-state index in [-0.39, 0.29) is 12.1 Å². The molecule has 0 unspecified atom stereocenters. The number of benzene rings is 2. The Labute approximate surface area is 188 Å². The average Bonchev–Trinajstić information content (AvgIpc) is 3.14. The van der Waals surface area contributed by atoms with Crippen molar-refractivity contribution in [1.82, 2.24) is 14.2 Å². The molecule has 10 nitrogen and oxygen atoms in total. The van der Waals surface area contributed by atoms with Crippen molar-refractivity contribution in [2.75, 3.05) is 24.9 Å². The van der Waals surface area contributed by atoms with Crippen LogP contribution in [0.25, 0.3) is 5.65 Å². The minimum absolute atomic E-state index is 0.265. The number of hydrogen-bond acceptors (Lipinski definition) is 6. The molecule has 0 saturated heterocycles. The Bertz CT molecular complexity index is 1370. The van der Waals surface area contributed by atoms with E-state index in [1.165, 1.54) is 17.7 Å². The van der Waals surface area contributed by atoms with E-state index in [0.717, 1.165) is 4.68 Å². The molecule has 2 aromatic carbocycles. The molecule has 2 N–H and O–H groups in total. The van der Waals surface area contributed by atoms with Gasteiger partial charge in [0.2, 0.25) is 5.91 Å². The maximum absolute atomic E-state index is 12.7. The molecule has 10 heteroatoms. The van der Waals surface area contributed by atoms with Crippen molar-refractivity contribution in [2.24, 2.45) is 0 Å². The van der Waals surface area contributed by atoms with E-state index < -0.39 is 17.5 Å². The molecular weight excluding hydrogens is 426 g/mol. The van der Waals surface area contributed by atoms with Crippen molar-refractivity contribution in [3.05, 3.63) is 82.9 Å². The number of ether oxygens (including phenoxy) is 2. The van der Waals surface area contributed by atoms with Crippen LogP contribution in [0.4, 0.5) is 11.4 Å². The summed E-state index contributed by atoms with van der Waals surface area (Å²) in [5.41, 5.74) is 1.16. The highest BCUT2D eigenvalue weighted by Gasteiger charge is 2.14. The van der Waals surface area contributed by atoms with Gasteiger partial charge in [-0.1, -0.05) is 6.07 Å². The van der Waals surface area contributed by atoms with Gasteiger partial charge in [-0.2, -0.15) is 0 Å². The van der Waals surface area contributed by atoms with Crippen molar-refractivity contribution < 1.29 is 19.1 Å². The molecule has 2 heterocycles. The van der Waals surface area contributed by atoms with Crippen molar-refractivity contribution >= 4 is 28.8 Å². The van der Waals surface area contributed by atoms with E-state index in [1.54, 1.807) is 67.8 Å². The number of anilines is 2. The highest BCUT2D eigenvalue weighted by Crippen LogP contribution is 2.17. The molecule has 2 amide bonds. The number of methoxy groups -OCH3 is 2. The molecule has 0 bridgehead atoms. The van der Waals surface area contributed by atoms with Crippen LogP contribution in [0.2, 0.25) is 0 Å². The van der Waals surface area contributed by atoms with E-state index >= 15 is 0 Å². The van der Waals surface area contributed by atoms with Gasteiger partial charge in [-0.25, -0.2) is 13.9 Å². The summed E-state index contributed by atoms with van der Waals surface area (Å²) >= 11 is 0. The highest BCUT2D eigenvalue weighted by molar-refractivity contribution is 6.04. The number of aromatic nitrogens is 3. The number of carbonyl (C=O) groups excluding carboxylic acids is 2. The third-order valence-corrected chi connectivity index (χ3v) is 4.83. The summed E-state index contributed by atoms with van der Waals surface area (Å²) in [5.74, 6) is 0.450. The summed E-state index contributed by atoms with van der Waals surface area (Å²) in [4.78, 5) is 37.7. The zero-order chi connectivity index (χ0) is 23.4. The second-order valence-electron chi connectivity index (χ2n) is 7.05. The summed E-state index contributed by atoms with van der Waals surface area (Å²) < 4.78 is 12.5. The predicted molar refractivity (Wildman–Crippen MR) is 122 cm³/mol. The van der Waals surface area contributed by atoms with Crippen molar-refractivity contribution in [2.45, 2.75) is 6.54 Å². The van der Waals surface area contributed by atoms with Gasteiger partial charge in [0.15, 0.2) is 5.65 Å². The zero-order valence-electron chi connectivity index (χ0n) is 17.9. The molecule has 0 fully saturated rings. The smallest absolute Gasteiger partial charge is 0.350 e. The SMILES string of the molecule is COc1ccc(NC(=O)c2ccc3nn(CC(=O)Nc4cccc(OC)c4)c(=O)n3c2)cc1. The quantitative estimate of drug-likeness (QED) is 0.450. The molecule has 0 aliphatic carbocycles. The fraction of sp³-hybridized carbons (Fsp3) is 0.130. The van der Waals surface area contributed by atoms with Gasteiger partial charge in [0.05, 0.1) is 19.8 Å². The fourth-order valence-corrected chi connectivity index (χ4v) is 3.17. The largest absolute Gasteiger partial charge is 0.497 e. The zero-order valence-corrected chi connectivity index (χ0v) is 17.9. The lowest BCUT2D eigenvalue weighted by molar-refractivity contribution is -0.117. The van der Waals surface area contributed by atoms with Crippen molar-refractivity contribution in [1.29, 1.82) is 0 Å². The van der Waals surface area contributed by atoms with Gasteiger partial charge < -0.3 is 20.1 Å². The number of nitrogens with one attached hydrogen (secondary N) is 2. The molecule has 0 radical (unpaired) electrons. The van der Waals surface area contributed by atoms with Gasteiger partial charge in [0, 0.05) is 23.6 Å². The lowest BCUT2D eigenvalue weighted by Gasteiger charge is -2.06. The van der Waals surface area contributed by atoms with Gasteiger partial charge in [-0.3, -0.25) is 9.59 Å². The number of amides is 2. The molecule has 4 aromatic rings. The average molecular weight is 447 g/mol. The predicted octanol–water partition coefficient (Wildman–Crippen LogP) is 2.40. The number of hydrogen-bond donors (Lipinski definition) is 2. The minimum atomic E-state index is -0.537. The number of nitrogens with zero attached hydrogens (tertiary/aromatic N) is 3. The Morgan fingerprint density at radius 2 is 1.67 bits per heavy atom. The summed E-state index contributed by atoms with van der Waals surface area (Å²) in [6, 6.07) is 16.8. The van der Waals surface area contributed by atoms with E-state index in [9.17, 15) is 14.4 Å². The molecule has 0 aliphatic rings. The third kappa shape index (κ3) is 4.85. The van der Waals surface area contributed by atoms with Crippen LogP contribution >= 0.6 is 0 Å². The molecule has 4 rings (SSSR count). The monoisotopic (exact) mass is 447 g/mol. The van der Waals surface area contributed by atoms with Crippen molar-refractivity contribution in [3.63, 3.8) is 0 Å². The van der Waals surface area contributed by atoms with Crippen molar-refractivity contribution in [3.8, 4) is 11.5 Å². The summed E-state index contributed by atoms with van der Waals surface area (Å²) in [6.07, 6.45) is 1.39. The van der Waals surface area contributed by atoms with Crippen LogP contribution in [-0.2, 0) is 11.3 Å². The fourth-order valence-electron chi connectivity index (χ4n) is 3.17. The lowest BCUT2D eigenvalue weighted by Crippen LogP contribution is -2.28. The molecule has 33 heavy (non-hydrogen) atoms. The first-order valence-electron chi connectivity index (χ1n) is 9.95. The first-order valence-corrected chi connectivity index (χ1v) is 9.95. The second-order valence-corrected chi connectivity index (χ2v) is 7.05. The maximum atomic E-state index is 12.7. The molecule has 0 aliphatic heterocycles. The van der Waals surface area contributed by atoms with Crippen LogP contribution in [0.15, 0.2) is 71.7 Å². The molecule has 168 valence electrons. The Balaban J connectivity index is 1.49. The summed E-state index contributed by atoms with van der Waals surface area (Å²) in [5, 5.41) is 9.63. The van der Waals surface area contributed by atoms with Crippen LogP contribution in [-0.4, -0.2) is 40.2 Å². The molecular formula is C23H21N5O5. The maximum Gasteiger partial charge on any atom is 0.350 e. The third-order valence-electron chi connectivity index (χ3n) is 4.83. The first-order chi connectivity index (χ1) is 16.0. The standard InChI is InChI=1S/C23H21N5O5/c1-32-18-9-7-16(8-10-18)25-22(30)15-6-11-20-26-28(23(31)27(20)13-15)14-21(29)24-17-4-3-5-19(12-17)33-2/h3-13H,14H2,1-2H3,(H,24,29)(H,25,30). The van der Waals surface area contributed by atoms with Crippen LogP contribution in [0.1, 0.15) is 10.4 Å². The first kappa shape index (κ1) is 21.6. The molecule has 0 atom stereocenters. The molecule has 0 spiro atoms. The Morgan fingerprint density at radius 1 is 0.909 bits per heavy atom. The lowest BCUT2D eigenvalue weighted by atomic mass is 10.2. The van der Waals surface area contributed by atoms with E-state index in [1.807, 2.05) is 0 Å². The highest BCUT2D eigenvalue weighted by atomic mass is 16.5. The van der Waals surface area contributed by atoms with Crippen LogP contribution in [0.5, 0.6) is 11.5 Å². The van der Waals surface area contributed by atoms with E-state index in [2.05, 4.69) is 15.7 Å². The summed E-state index contributed by atoms with van der Waals surface area (Å²) in [7, 11) is 3.09. The minimum Gasteiger partial charge on any atom is -0.497 e. The van der Waals surface area contributed by atoms with Gasteiger partial charge in [0.25, 0.3) is 5.91 Å². The molecule has 2 aromatic heterocycles. The van der Waals surface area contributed by atoms with Crippen LogP contribution < -0.4 is 25.8 Å². The summed E-state index contributed by atoms with van der Waals surface area (Å²) in [6.45, 7) is -0.287. The van der Waals surface area contributed by atoms with Crippen LogP contribution in [0, 0.1) is 0 Å². The Morgan fingerprint density at radius 3 is 2.39 bits per heavy atom.